The van der Waals surface area contributed by atoms with Gasteiger partial charge in [-0.3, -0.25) is 0 Å². The maximum atomic E-state index is 10.1. The van der Waals surface area contributed by atoms with Crippen LogP contribution in [0.4, 0.5) is 4.79 Å². The van der Waals surface area contributed by atoms with Crippen molar-refractivity contribution in [2.45, 2.75) is 6.92 Å². The first-order valence-electron chi connectivity index (χ1n) is 2.13. The number of hydroxylamine groups is 1. The summed E-state index contributed by atoms with van der Waals surface area (Å²) in [5.41, 5.74) is 2.73. The fourth-order valence-corrected chi connectivity index (χ4v) is 0.139. The molecule has 9 heavy (non-hydrogen) atoms. The topological polar surface area (TPSA) is 66.7 Å². The summed E-state index contributed by atoms with van der Waals surface area (Å²) in [5, 5.41) is 0. The highest BCUT2D eigenvalue weighted by atomic mass is 16.7. The van der Waals surface area contributed by atoms with Gasteiger partial charge < -0.3 is 9.57 Å². The molecule has 0 aliphatic carbocycles. The van der Waals surface area contributed by atoms with Gasteiger partial charge in [-0.25, -0.2) is 9.59 Å². The second-order valence-corrected chi connectivity index (χ2v) is 1.14. The van der Waals surface area contributed by atoms with Crippen molar-refractivity contribution in [3.05, 3.63) is 0 Å². The molecule has 51 valence electrons. The van der Waals surface area contributed by atoms with E-state index in [2.05, 4.69) is 15.1 Å². The lowest BCUT2D eigenvalue weighted by Gasteiger charge is -1.94. The summed E-state index contributed by atoms with van der Waals surface area (Å²) in [7, 11) is 1.13. The summed E-state index contributed by atoms with van der Waals surface area (Å²) in [6.07, 6.45) is -0.926. The van der Waals surface area contributed by atoms with Crippen molar-refractivity contribution in [1.82, 2.24) is 5.48 Å². The van der Waals surface area contributed by atoms with Gasteiger partial charge in [-0.1, -0.05) is 0 Å². The first-order chi connectivity index (χ1) is 4.16. The molecular formula is C4H6NO4. The SMILES string of the molecule is COC(=O)[N]OC(C)=O. The third kappa shape index (κ3) is 4.60. The number of hydrogen-bond donors (Lipinski definition) is 0. The van der Waals surface area contributed by atoms with Gasteiger partial charge in [0, 0.05) is 12.4 Å². The van der Waals surface area contributed by atoms with Crippen LogP contribution in [0, 0.1) is 0 Å². The number of rotatable bonds is 0. The molecule has 0 aromatic rings. The Morgan fingerprint density at radius 3 is 2.33 bits per heavy atom. The molecule has 0 aromatic carbocycles. The van der Waals surface area contributed by atoms with Crippen LogP contribution in [0.2, 0.25) is 0 Å². The number of hydrogen-bond acceptors (Lipinski definition) is 4. The molecule has 0 atom stereocenters. The predicted molar refractivity (Wildman–Crippen MR) is 26.3 cm³/mol. The Morgan fingerprint density at radius 1 is 1.44 bits per heavy atom. The zero-order chi connectivity index (χ0) is 7.28. The van der Waals surface area contributed by atoms with Crippen LogP contribution >= 0.6 is 0 Å². The highest BCUT2D eigenvalue weighted by Crippen LogP contribution is 1.75. The van der Waals surface area contributed by atoms with Crippen LogP contribution in [0.3, 0.4) is 0 Å². The molecule has 0 bridgehead atoms. The Morgan fingerprint density at radius 2 is 2.00 bits per heavy atom. The lowest BCUT2D eigenvalue weighted by molar-refractivity contribution is -0.147. The number of amides is 1. The van der Waals surface area contributed by atoms with Crippen LogP contribution in [-0.2, 0) is 14.4 Å². The molecule has 0 aliphatic heterocycles. The van der Waals surface area contributed by atoms with E-state index < -0.39 is 12.1 Å². The van der Waals surface area contributed by atoms with Crippen molar-refractivity contribution in [1.29, 1.82) is 0 Å². The molecule has 0 rings (SSSR count). The average molecular weight is 132 g/mol. The maximum Gasteiger partial charge on any atom is 0.466 e. The van der Waals surface area contributed by atoms with Crippen molar-refractivity contribution < 1.29 is 19.2 Å². The average Bonchev–Trinajstić information content (AvgIpc) is 1.83. The molecule has 0 unspecified atom stereocenters. The van der Waals surface area contributed by atoms with Crippen LogP contribution < -0.4 is 5.48 Å². The van der Waals surface area contributed by atoms with Crippen molar-refractivity contribution in [3.8, 4) is 0 Å². The van der Waals surface area contributed by atoms with Crippen LogP contribution in [0.1, 0.15) is 6.92 Å². The first-order valence-corrected chi connectivity index (χ1v) is 2.13. The zero-order valence-electron chi connectivity index (χ0n) is 5.08. The standard InChI is InChI=1S/C4H6NO4/c1-3(6)9-5-4(7)8-2/h1-2H3. The number of carbonyl (C=O) groups is 2. The van der Waals surface area contributed by atoms with E-state index in [1.165, 1.54) is 0 Å². The Bertz CT molecular complexity index is 122. The Kier molecular flexibility index (Phi) is 3.19. The Labute approximate surface area is 51.9 Å². The van der Waals surface area contributed by atoms with Crippen molar-refractivity contribution in [3.63, 3.8) is 0 Å². The Hall–Kier alpha value is -1.26. The molecular weight excluding hydrogens is 126 g/mol. The minimum Gasteiger partial charge on any atom is -0.449 e. The van der Waals surface area contributed by atoms with Crippen LogP contribution in [0.15, 0.2) is 0 Å². The number of ether oxygens (including phenoxy) is 1. The molecule has 0 spiro atoms. The first kappa shape index (κ1) is 7.74. The Balaban J connectivity index is 3.28. The predicted octanol–water partition coefficient (Wildman–Crippen LogP) is -0.165. The normalized spacial score (nSPS) is 7.78. The van der Waals surface area contributed by atoms with Crippen molar-refractivity contribution >= 4 is 12.1 Å². The molecule has 0 aromatic heterocycles. The number of carbonyl (C=O) groups excluding carboxylic acids is 2. The van der Waals surface area contributed by atoms with E-state index in [9.17, 15) is 9.59 Å². The quantitative estimate of drug-likeness (QED) is 0.429. The molecule has 1 amide bonds. The monoisotopic (exact) mass is 132 g/mol. The molecule has 1 radical (unpaired) electrons. The van der Waals surface area contributed by atoms with Crippen LogP contribution in [0.5, 0.6) is 0 Å². The van der Waals surface area contributed by atoms with Crippen LogP contribution in [0.25, 0.3) is 0 Å². The summed E-state index contributed by atoms with van der Waals surface area (Å²) in [6, 6.07) is 0. The molecule has 0 saturated carbocycles. The van der Waals surface area contributed by atoms with E-state index in [-0.39, 0.29) is 0 Å². The van der Waals surface area contributed by atoms with Gasteiger partial charge in [-0.05, 0) is 0 Å². The van der Waals surface area contributed by atoms with Gasteiger partial charge in [0.05, 0.1) is 7.11 Å². The van der Waals surface area contributed by atoms with Gasteiger partial charge in [0.15, 0.2) is 0 Å². The molecule has 0 aliphatic rings. The fourth-order valence-electron chi connectivity index (χ4n) is 0.139. The number of methoxy groups -OCH3 is 1. The van der Waals surface area contributed by atoms with E-state index in [4.69, 9.17) is 0 Å². The lowest BCUT2D eigenvalue weighted by atomic mass is 10.8. The highest BCUT2D eigenvalue weighted by molar-refractivity contribution is 5.70. The molecule has 5 nitrogen and oxygen atoms in total. The third-order valence-electron chi connectivity index (χ3n) is 0.423. The van der Waals surface area contributed by atoms with E-state index in [1.807, 2.05) is 0 Å². The van der Waals surface area contributed by atoms with E-state index in [0.29, 0.717) is 0 Å². The second-order valence-electron chi connectivity index (χ2n) is 1.14. The molecule has 0 fully saturated rings. The fraction of sp³-hybridized carbons (Fsp3) is 0.500. The largest absolute Gasteiger partial charge is 0.466 e. The smallest absolute Gasteiger partial charge is 0.449 e. The molecule has 5 heteroatoms. The zero-order valence-corrected chi connectivity index (χ0v) is 5.08. The van der Waals surface area contributed by atoms with Crippen molar-refractivity contribution in [2.75, 3.05) is 7.11 Å². The van der Waals surface area contributed by atoms with Gasteiger partial charge in [0.25, 0.3) is 0 Å². The van der Waals surface area contributed by atoms with Gasteiger partial charge in [0.1, 0.15) is 0 Å². The molecule has 0 N–H and O–H groups in total. The van der Waals surface area contributed by atoms with Crippen LogP contribution in [-0.4, -0.2) is 19.2 Å². The van der Waals surface area contributed by atoms with Gasteiger partial charge in [0.2, 0.25) is 0 Å². The van der Waals surface area contributed by atoms with Gasteiger partial charge in [-0.2, -0.15) is 0 Å². The summed E-state index contributed by atoms with van der Waals surface area (Å²) in [4.78, 5) is 23.9. The lowest BCUT2D eigenvalue weighted by Crippen LogP contribution is -2.18. The third-order valence-corrected chi connectivity index (χ3v) is 0.423. The summed E-state index contributed by atoms with van der Waals surface area (Å²) >= 11 is 0. The van der Waals surface area contributed by atoms with Crippen molar-refractivity contribution in [2.24, 2.45) is 0 Å². The highest BCUT2D eigenvalue weighted by Gasteiger charge is 2.02. The molecule has 0 saturated heterocycles. The molecule has 0 heterocycles. The minimum atomic E-state index is -0.926. The van der Waals surface area contributed by atoms with E-state index in [1.54, 1.807) is 0 Å². The number of nitrogens with zero attached hydrogens (tertiary/aromatic N) is 1. The van der Waals surface area contributed by atoms with Gasteiger partial charge in [-0.15, -0.1) is 0 Å². The van der Waals surface area contributed by atoms with E-state index >= 15 is 0 Å². The summed E-state index contributed by atoms with van der Waals surface area (Å²) in [5.74, 6) is -0.652. The maximum absolute atomic E-state index is 10.1. The second kappa shape index (κ2) is 3.71. The van der Waals surface area contributed by atoms with E-state index in [0.717, 1.165) is 14.0 Å². The summed E-state index contributed by atoms with van der Waals surface area (Å²) in [6.45, 7) is 1.13. The minimum absolute atomic E-state index is 0.652. The summed E-state index contributed by atoms with van der Waals surface area (Å²) < 4.78 is 4.02. The van der Waals surface area contributed by atoms with Gasteiger partial charge >= 0.3 is 12.1 Å².